The predicted molar refractivity (Wildman–Crippen MR) is 143 cm³/mol. The Morgan fingerprint density at radius 1 is 1.08 bits per heavy atom. The summed E-state index contributed by atoms with van der Waals surface area (Å²) in [5.41, 5.74) is 7.64. The SMILES string of the molecule is Cn1c(Oc2cccc(OC3CC3)c2)nc2nc(N3CCC[C@@H](N)C3)n(Cc3ccccc3Cl)c2c1=O. The van der Waals surface area contributed by atoms with E-state index in [1.54, 1.807) is 7.05 Å². The minimum atomic E-state index is -0.252. The zero-order valence-corrected chi connectivity index (χ0v) is 21.4. The van der Waals surface area contributed by atoms with Crippen molar-refractivity contribution in [1.82, 2.24) is 19.1 Å². The minimum Gasteiger partial charge on any atom is -0.490 e. The molecule has 0 amide bonds. The largest absolute Gasteiger partial charge is 0.490 e. The van der Waals surface area contributed by atoms with Gasteiger partial charge >= 0.3 is 6.01 Å². The third-order valence-electron chi connectivity index (χ3n) is 6.79. The molecule has 2 aromatic carbocycles. The highest BCUT2D eigenvalue weighted by Gasteiger charge is 2.27. The van der Waals surface area contributed by atoms with Crippen LogP contribution in [0.3, 0.4) is 0 Å². The summed E-state index contributed by atoms with van der Waals surface area (Å²) in [5.74, 6) is 1.93. The highest BCUT2D eigenvalue weighted by atomic mass is 35.5. The van der Waals surface area contributed by atoms with E-state index in [1.165, 1.54) is 4.57 Å². The van der Waals surface area contributed by atoms with Crippen LogP contribution >= 0.6 is 11.6 Å². The monoisotopic (exact) mass is 520 g/mol. The molecule has 1 saturated carbocycles. The first-order valence-corrected chi connectivity index (χ1v) is 13.0. The Morgan fingerprint density at radius 3 is 2.68 bits per heavy atom. The zero-order chi connectivity index (χ0) is 25.5. The van der Waals surface area contributed by atoms with E-state index in [1.807, 2.05) is 53.1 Å². The number of imidazole rings is 1. The van der Waals surface area contributed by atoms with Crippen LogP contribution < -0.4 is 25.7 Å². The molecule has 3 heterocycles. The second kappa shape index (κ2) is 9.72. The number of piperidine rings is 1. The Balaban J connectivity index is 1.42. The average Bonchev–Trinajstić information content (AvgIpc) is 3.63. The molecule has 4 aromatic rings. The van der Waals surface area contributed by atoms with Gasteiger partial charge in [0.2, 0.25) is 5.95 Å². The third kappa shape index (κ3) is 4.89. The molecule has 0 bridgehead atoms. The van der Waals surface area contributed by atoms with Gasteiger partial charge in [0.1, 0.15) is 11.5 Å². The van der Waals surface area contributed by atoms with Gasteiger partial charge < -0.3 is 20.1 Å². The van der Waals surface area contributed by atoms with Crippen molar-refractivity contribution in [3.05, 3.63) is 69.5 Å². The van der Waals surface area contributed by atoms with Gasteiger partial charge in [0.05, 0.1) is 12.6 Å². The summed E-state index contributed by atoms with van der Waals surface area (Å²) in [4.78, 5) is 25.3. The van der Waals surface area contributed by atoms with Crippen molar-refractivity contribution in [2.75, 3.05) is 18.0 Å². The van der Waals surface area contributed by atoms with E-state index in [9.17, 15) is 4.79 Å². The third-order valence-corrected chi connectivity index (χ3v) is 7.16. The molecule has 0 spiro atoms. The zero-order valence-electron chi connectivity index (χ0n) is 20.6. The second-order valence-electron chi connectivity index (χ2n) is 9.76. The first kappa shape index (κ1) is 23.8. The Bertz CT molecular complexity index is 1510. The molecule has 1 saturated heterocycles. The molecule has 2 fully saturated rings. The molecule has 6 rings (SSSR count). The lowest BCUT2D eigenvalue weighted by Gasteiger charge is -2.31. The van der Waals surface area contributed by atoms with E-state index in [-0.39, 0.29) is 23.7 Å². The summed E-state index contributed by atoms with van der Waals surface area (Å²) in [6, 6.07) is 15.2. The highest BCUT2D eigenvalue weighted by Crippen LogP contribution is 2.31. The molecular formula is C27H29ClN6O3. The maximum absolute atomic E-state index is 13.7. The van der Waals surface area contributed by atoms with Crippen LogP contribution in [0.25, 0.3) is 11.2 Å². The van der Waals surface area contributed by atoms with Crippen LogP contribution in [0.1, 0.15) is 31.2 Å². The molecular weight excluding hydrogens is 492 g/mol. The van der Waals surface area contributed by atoms with Crippen LogP contribution in [-0.4, -0.2) is 44.3 Å². The van der Waals surface area contributed by atoms with E-state index >= 15 is 0 Å². The molecule has 9 nitrogen and oxygen atoms in total. The van der Waals surface area contributed by atoms with Crippen molar-refractivity contribution in [2.24, 2.45) is 12.8 Å². The van der Waals surface area contributed by atoms with Gasteiger partial charge in [0.15, 0.2) is 11.2 Å². The smallest absolute Gasteiger partial charge is 0.306 e. The topological polar surface area (TPSA) is 100 Å². The Kier molecular flexibility index (Phi) is 6.26. The predicted octanol–water partition coefficient (Wildman–Crippen LogP) is 4.09. The van der Waals surface area contributed by atoms with Gasteiger partial charge in [-0.3, -0.25) is 13.9 Å². The molecule has 2 aromatic heterocycles. The molecule has 0 radical (unpaired) electrons. The highest BCUT2D eigenvalue weighted by molar-refractivity contribution is 6.31. The molecule has 2 N–H and O–H groups in total. The fraction of sp³-hybridized carbons (Fsp3) is 0.370. The maximum Gasteiger partial charge on any atom is 0.306 e. The Morgan fingerprint density at radius 2 is 1.89 bits per heavy atom. The van der Waals surface area contributed by atoms with Gasteiger partial charge in [0, 0.05) is 37.3 Å². The molecule has 37 heavy (non-hydrogen) atoms. The van der Waals surface area contributed by atoms with Crippen LogP contribution in [0.4, 0.5) is 5.95 Å². The molecule has 2 aliphatic rings. The molecule has 10 heteroatoms. The number of nitrogens with two attached hydrogens (primary N) is 1. The van der Waals surface area contributed by atoms with E-state index in [4.69, 9.17) is 31.8 Å². The van der Waals surface area contributed by atoms with Crippen LogP contribution in [0.5, 0.6) is 17.5 Å². The van der Waals surface area contributed by atoms with Crippen LogP contribution in [-0.2, 0) is 13.6 Å². The van der Waals surface area contributed by atoms with Gasteiger partial charge in [-0.15, -0.1) is 0 Å². The van der Waals surface area contributed by atoms with Gasteiger partial charge in [0.25, 0.3) is 5.56 Å². The summed E-state index contributed by atoms with van der Waals surface area (Å²) in [5, 5.41) is 0.628. The summed E-state index contributed by atoms with van der Waals surface area (Å²) >= 11 is 6.49. The minimum absolute atomic E-state index is 0.0437. The van der Waals surface area contributed by atoms with Crippen molar-refractivity contribution in [3.63, 3.8) is 0 Å². The number of benzene rings is 2. The molecule has 1 aliphatic heterocycles. The molecule has 1 aliphatic carbocycles. The van der Waals surface area contributed by atoms with E-state index < -0.39 is 0 Å². The van der Waals surface area contributed by atoms with Crippen LogP contribution in [0, 0.1) is 0 Å². The number of aromatic nitrogens is 4. The first-order chi connectivity index (χ1) is 18.0. The van der Waals surface area contributed by atoms with Crippen molar-refractivity contribution in [2.45, 2.75) is 44.4 Å². The number of ether oxygens (including phenoxy) is 2. The quantitative estimate of drug-likeness (QED) is 0.391. The number of rotatable bonds is 7. The van der Waals surface area contributed by atoms with Crippen LogP contribution in [0.2, 0.25) is 5.02 Å². The summed E-state index contributed by atoms with van der Waals surface area (Å²) < 4.78 is 15.2. The van der Waals surface area contributed by atoms with E-state index in [0.717, 1.165) is 43.5 Å². The number of hydrogen-bond acceptors (Lipinski definition) is 7. The summed E-state index contributed by atoms with van der Waals surface area (Å²) in [7, 11) is 1.65. The van der Waals surface area contributed by atoms with E-state index in [0.29, 0.717) is 41.0 Å². The average molecular weight is 521 g/mol. The van der Waals surface area contributed by atoms with Crippen molar-refractivity contribution >= 4 is 28.7 Å². The lowest BCUT2D eigenvalue weighted by molar-refractivity contribution is 0.301. The van der Waals surface area contributed by atoms with Gasteiger partial charge in [-0.1, -0.05) is 35.9 Å². The van der Waals surface area contributed by atoms with Gasteiger partial charge in [-0.05, 0) is 49.4 Å². The van der Waals surface area contributed by atoms with Crippen molar-refractivity contribution in [3.8, 4) is 17.5 Å². The fourth-order valence-corrected chi connectivity index (χ4v) is 4.89. The fourth-order valence-electron chi connectivity index (χ4n) is 4.69. The van der Waals surface area contributed by atoms with Gasteiger partial charge in [-0.2, -0.15) is 9.97 Å². The normalized spacial score (nSPS) is 17.8. The number of fused-ring (bicyclic) bond motifs is 1. The van der Waals surface area contributed by atoms with Crippen LogP contribution in [0.15, 0.2) is 53.3 Å². The first-order valence-electron chi connectivity index (χ1n) is 12.6. The number of halogens is 1. The van der Waals surface area contributed by atoms with Gasteiger partial charge in [-0.25, -0.2) is 0 Å². The summed E-state index contributed by atoms with van der Waals surface area (Å²) in [6.07, 6.45) is 4.33. The van der Waals surface area contributed by atoms with Crippen molar-refractivity contribution < 1.29 is 9.47 Å². The second-order valence-corrected chi connectivity index (χ2v) is 10.2. The molecule has 192 valence electrons. The number of hydrogen-bond donors (Lipinski definition) is 1. The molecule has 1 atom stereocenters. The van der Waals surface area contributed by atoms with E-state index in [2.05, 4.69) is 9.88 Å². The lowest BCUT2D eigenvalue weighted by atomic mass is 10.1. The Labute approximate surface area is 219 Å². The number of anilines is 1. The number of nitrogens with zero attached hydrogens (tertiary/aromatic N) is 5. The summed E-state index contributed by atoms with van der Waals surface area (Å²) in [6.45, 7) is 1.84. The lowest BCUT2D eigenvalue weighted by Crippen LogP contribution is -2.44. The maximum atomic E-state index is 13.7. The Hall–Kier alpha value is -3.56. The van der Waals surface area contributed by atoms with Crippen molar-refractivity contribution in [1.29, 1.82) is 0 Å². The molecule has 0 unspecified atom stereocenters. The standard InChI is InChI=1S/C27H29ClN6O3/c1-32-25(35)23-24(31-27(32)37-21-9-4-8-20(14-21)36-19-11-12-19)30-26(33-13-5-7-18(29)16-33)34(23)15-17-6-2-3-10-22(17)28/h2-4,6,8-10,14,18-19H,5,7,11-13,15-16,29H2,1H3/t18-/m1/s1.